The van der Waals surface area contributed by atoms with Gasteiger partial charge in [-0.15, -0.1) is 0 Å². The topological polar surface area (TPSA) is 106 Å². The number of carbonyl (C=O) groups is 3. The molecule has 9 heteroatoms. The third kappa shape index (κ3) is 5.03. The van der Waals surface area contributed by atoms with Crippen molar-refractivity contribution in [3.05, 3.63) is 94.0 Å². The molecule has 190 valence electrons. The van der Waals surface area contributed by atoms with Crippen LogP contribution in [0.3, 0.4) is 0 Å². The molecule has 4 rings (SSSR count). The van der Waals surface area contributed by atoms with Gasteiger partial charge in [0.25, 0.3) is 5.78 Å². The van der Waals surface area contributed by atoms with Crippen LogP contribution in [0.2, 0.25) is 0 Å². The number of amides is 1. The molecule has 2 aromatic carbocycles. The first-order valence-electron chi connectivity index (χ1n) is 11.6. The number of aliphatic hydroxyl groups is 1. The highest BCUT2D eigenvalue weighted by Gasteiger charge is 2.48. The molecule has 0 bridgehead atoms. The summed E-state index contributed by atoms with van der Waals surface area (Å²) in [7, 11) is 0. The highest BCUT2D eigenvalue weighted by Crippen LogP contribution is 2.44. The summed E-state index contributed by atoms with van der Waals surface area (Å²) >= 11 is 0.962. The van der Waals surface area contributed by atoms with Gasteiger partial charge in [0, 0.05) is 5.56 Å². The van der Waals surface area contributed by atoms with E-state index in [0.717, 1.165) is 16.9 Å². The molecule has 1 aliphatic heterocycles. The van der Waals surface area contributed by atoms with Crippen molar-refractivity contribution in [1.82, 2.24) is 4.98 Å². The number of thiazole rings is 1. The van der Waals surface area contributed by atoms with Crippen LogP contribution in [0.5, 0.6) is 5.75 Å². The number of ether oxygens (including phenoxy) is 2. The number of Topliss-reactive ketones (excluding diaryl/α,β-unsaturated/α-hetero) is 1. The summed E-state index contributed by atoms with van der Waals surface area (Å²) in [5.74, 6) is -1.97. The molecule has 1 N–H and O–H groups in total. The van der Waals surface area contributed by atoms with E-state index in [4.69, 9.17) is 9.47 Å². The van der Waals surface area contributed by atoms with Crippen molar-refractivity contribution in [1.29, 1.82) is 0 Å². The molecule has 0 radical (unpaired) electrons. The second-order valence-electron chi connectivity index (χ2n) is 8.34. The molecule has 1 saturated heterocycles. The highest BCUT2D eigenvalue weighted by atomic mass is 32.1. The van der Waals surface area contributed by atoms with Crippen LogP contribution in [-0.4, -0.2) is 41.0 Å². The number of anilines is 1. The summed E-state index contributed by atoms with van der Waals surface area (Å²) in [5, 5.41) is 11.4. The van der Waals surface area contributed by atoms with Crippen LogP contribution in [0.25, 0.3) is 5.76 Å². The Bertz CT molecular complexity index is 1390. The molecule has 1 amide bonds. The first-order valence-corrected chi connectivity index (χ1v) is 12.4. The first kappa shape index (κ1) is 25.8. The summed E-state index contributed by atoms with van der Waals surface area (Å²) < 4.78 is 10.7. The van der Waals surface area contributed by atoms with Gasteiger partial charge < -0.3 is 14.6 Å². The molecule has 0 saturated carbocycles. The second-order valence-corrected chi connectivity index (χ2v) is 9.31. The van der Waals surface area contributed by atoms with Crippen molar-refractivity contribution in [3.8, 4) is 5.75 Å². The third-order valence-corrected chi connectivity index (χ3v) is 6.92. The number of aromatic nitrogens is 1. The predicted molar refractivity (Wildman–Crippen MR) is 141 cm³/mol. The summed E-state index contributed by atoms with van der Waals surface area (Å²) in [6.07, 6.45) is 1.62. The number of rotatable bonds is 8. The molecule has 1 aliphatic rings. The van der Waals surface area contributed by atoms with Gasteiger partial charge >= 0.3 is 11.9 Å². The number of ketones is 1. The lowest BCUT2D eigenvalue weighted by Gasteiger charge is -2.23. The lowest BCUT2D eigenvalue weighted by molar-refractivity contribution is -0.132. The fraction of sp³-hybridized carbons (Fsp3) is 0.214. The van der Waals surface area contributed by atoms with Gasteiger partial charge in [0.05, 0.1) is 23.9 Å². The fourth-order valence-electron chi connectivity index (χ4n) is 3.98. The molecular weight excluding hydrogens is 492 g/mol. The van der Waals surface area contributed by atoms with Crippen molar-refractivity contribution in [3.63, 3.8) is 0 Å². The maximum absolute atomic E-state index is 13.4. The van der Waals surface area contributed by atoms with Crippen molar-refractivity contribution in [2.24, 2.45) is 0 Å². The number of carbonyl (C=O) groups excluding carboxylic acids is 3. The van der Waals surface area contributed by atoms with E-state index in [-0.39, 0.29) is 27.9 Å². The molecule has 1 atom stereocenters. The van der Waals surface area contributed by atoms with Crippen LogP contribution in [0.15, 0.2) is 66.8 Å². The minimum Gasteiger partial charge on any atom is -0.507 e. The largest absolute Gasteiger partial charge is 0.507 e. The van der Waals surface area contributed by atoms with Crippen LogP contribution >= 0.6 is 11.3 Å². The first-order chi connectivity index (χ1) is 17.8. The smallest absolute Gasteiger partial charge is 0.350 e. The molecule has 8 nitrogen and oxygen atoms in total. The van der Waals surface area contributed by atoms with E-state index < -0.39 is 23.7 Å². The van der Waals surface area contributed by atoms with Gasteiger partial charge in [0.15, 0.2) is 5.13 Å². The Balaban J connectivity index is 1.87. The molecule has 2 heterocycles. The Hall–Kier alpha value is -4.24. The van der Waals surface area contributed by atoms with Gasteiger partial charge in [-0.05, 0) is 38.5 Å². The zero-order valence-corrected chi connectivity index (χ0v) is 21.5. The van der Waals surface area contributed by atoms with Crippen LogP contribution in [0, 0.1) is 13.8 Å². The minimum absolute atomic E-state index is 0.0702. The Labute approximate surface area is 218 Å². The average molecular weight is 519 g/mol. The molecule has 1 aromatic heterocycles. The summed E-state index contributed by atoms with van der Waals surface area (Å²) in [6.45, 7) is 9.38. The van der Waals surface area contributed by atoms with Gasteiger partial charge in [0.2, 0.25) is 0 Å². The van der Waals surface area contributed by atoms with E-state index in [9.17, 15) is 19.5 Å². The van der Waals surface area contributed by atoms with Crippen LogP contribution < -0.4 is 9.64 Å². The van der Waals surface area contributed by atoms with Crippen molar-refractivity contribution in [2.75, 3.05) is 18.1 Å². The van der Waals surface area contributed by atoms with Gasteiger partial charge in [0.1, 0.15) is 23.0 Å². The van der Waals surface area contributed by atoms with Gasteiger partial charge in [-0.25, -0.2) is 9.78 Å². The standard InChI is InChI=1S/C28H26N2O6S/c1-5-15-36-20-13-11-18(12-14-20)22-21(23(31)19-9-7-16(3)8-10-19)24(32)26(33)30(22)28-29-17(4)25(37-28)27(34)35-6-2/h5,7-14,22,31H,1,6,15H2,2-4H3. The van der Waals surface area contributed by atoms with Crippen LogP contribution in [-0.2, 0) is 14.3 Å². The zero-order chi connectivity index (χ0) is 26.7. The van der Waals surface area contributed by atoms with E-state index in [2.05, 4.69) is 11.6 Å². The van der Waals surface area contributed by atoms with Crippen LogP contribution in [0.1, 0.15) is 45.0 Å². The maximum atomic E-state index is 13.4. The Kier molecular flexibility index (Phi) is 7.54. The average Bonchev–Trinajstić information content (AvgIpc) is 3.40. The molecule has 3 aromatic rings. The normalized spacial score (nSPS) is 16.6. The van der Waals surface area contributed by atoms with Gasteiger partial charge in [-0.2, -0.15) is 0 Å². The van der Waals surface area contributed by atoms with Gasteiger partial charge in [-0.1, -0.05) is 66.0 Å². The SMILES string of the molecule is C=CCOc1ccc(C2C(=C(O)c3ccc(C)cc3)C(=O)C(=O)N2c2nc(C)c(C(=O)OCC)s2)cc1. The Morgan fingerprint density at radius 2 is 1.81 bits per heavy atom. The Morgan fingerprint density at radius 1 is 1.14 bits per heavy atom. The highest BCUT2D eigenvalue weighted by molar-refractivity contribution is 7.17. The monoisotopic (exact) mass is 518 g/mol. The summed E-state index contributed by atoms with van der Waals surface area (Å²) in [6, 6.07) is 12.9. The van der Waals surface area contributed by atoms with E-state index in [0.29, 0.717) is 29.2 Å². The zero-order valence-electron chi connectivity index (χ0n) is 20.7. The van der Waals surface area contributed by atoms with Crippen molar-refractivity contribution in [2.45, 2.75) is 26.8 Å². The number of nitrogens with zero attached hydrogens (tertiary/aromatic N) is 2. The molecule has 0 aliphatic carbocycles. The molecular formula is C28H26N2O6S. The van der Waals surface area contributed by atoms with E-state index in [1.807, 2.05) is 19.1 Å². The lowest BCUT2D eigenvalue weighted by Crippen LogP contribution is -2.29. The predicted octanol–water partition coefficient (Wildman–Crippen LogP) is 5.13. The van der Waals surface area contributed by atoms with Crippen molar-refractivity contribution < 1.29 is 29.0 Å². The molecule has 1 fully saturated rings. The number of aliphatic hydroxyl groups excluding tert-OH is 1. The minimum atomic E-state index is -0.977. The molecule has 37 heavy (non-hydrogen) atoms. The molecule has 1 unspecified atom stereocenters. The number of esters is 1. The third-order valence-electron chi connectivity index (χ3n) is 5.79. The lowest BCUT2D eigenvalue weighted by atomic mass is 9.95. The second kappa shape index (κ2) is 10.8. The fourth-order valence-corrected chi connectivity index (χ4v) is 4.97. The number of hydrogen-bond donors (Lipinski definition) is 1. The van der Waals surface area contributed by atoms with Crippen molar-refractivity contribution >= 4 is 39.9 Å². The van der Waals surface area contributed by atoms with E-state index in [1.165, 1.54) is 4.90 Å². The maximum Gasteiger partial charge on any atom is 0.350 e. The molecule has 0 spiro atoms. The van der Waals surface area contributed by atoms with Crippen LogP contribution in [0.4, 0.5) is 5.13 Å². The Morgan fingerprint density at radius 3 is 2.43 bits per heavy atom. The summed E-state index contributed by atoms with van der Waals surface area (Å²) in [5.41, 5.74) is 2.25. The van der Waals surface area contributed by atoms with E-state index >= 15 is 0 Å². The van der Waals surface area contributed by atoms with E-state index in [1.54, 1.807) is 56.3 Å². The number of aryl methyl sites for hydroxylation is 2. The number of benzene rings is 2. The quantitative estimate of drug-likeness (QED) is 0.145. The summed E-state index contributed by atoms with van der Waals surface area (Å²) in [4.78, 5) is 45.0. The number of hydrogen-bond acceptors (Lipinski definition) is 8. The van der Waals surface area contributed by atoms with Gasteiger partial charge in [-0.3, -0.25) is 14.5 Å².